The van der Waals surface area contributed by atoms with E-state index in [1.54, 1.807) is 18.9 Å². The number of aliphatic hydroxyl groups is 1. The van der Waals surface area contributed by atoms with Gasteiger partial charge in [-0.1, -0.05) is 11.8 Å². The molecule has 0 aliphatic heterocycles. The van der Waals surface area contributed by atoms with E-state index in [1.807, 2.05) is 24.3 Å². The van der Waals surface area contributed by atoms with Crippen LogP contribution in [0.5, 0.6) is 5.75 Å². The van der Waals surface area contributed by atoms with Crippen molar-refractivity contribution in [3.63, 3.8) is 0 Å². The molecule has 74 valence electrons. The molecule has 0 fully saturated rings. The number of rotatable bonds is 3. The quantitative estimate of drug-likeness (QED) is 0.606. The average Bonchev–Trinajstić information content (AvgIpc) is 2.25. The third kappa shape index (κ3) is 3.73. The normalized spacial score (nSPS) is 9.00. The predicted octanol–water partition coefficient (Wildman–Crippen LogP) is 1.78. The van der Waals surface area contributed by atoms with Gasteiger partial charge in [0.05, 0.1) is 12.9 Å². The van der Waals surface area contributed by atoms with Gasteiger partial charge in [-0.2, -0.15) is 0 Å². The van der Waals surface area contributed by atoms with Crippen LogP contribution in [0.2, 0.25) is 0 Å². The van der Waals surface area contributed by atoms with Gasteiger partial charge in [0.15, 0.2) is 0 Å². The largest absolute Gasteiger partial charge is 0.497 e. The summed E-state index contributed by atoms with van der Waals surface area (Å²) in [5.74, 6) is 7.00. The minimum absolute atomic E-state index is 0.0663. The van der Waals surface area contributed by atoms with E-state index in [4.69, 9.17) is 9.84 Å². The number of ether oxygens (including phenoxy) is 1. The summed E-state index contributed by atoms with van der Waals surface area (Å²) in [7, 11) is 1.65. The van der Waals surface area contributed by atoms with Gasteiger partial charge in [-0.15, -0.1) is 11.8 Å². The summed E-state index contributed by atoms with van der Waals surface area (Å²) in [6, 6.07) is 7.82. The predicted molar refractivity (Wildman–Crippen MR) is 58.6 cm³/mol. The summed E-state index contributed by atoms with van der Waals surface area (Å²) in [6.45, 7) is -0.0663. The number of methoxy groups -OCH3 is 1. The fourth-order valence-electron chi connectivity index (χ4n) is 0.898. The summed E-state index contributed by atoms with van der Waals surface area (Å²) in [5.41, 5.74) is 0. The number of benzene rings is 1. The first-order valence-electron chi connectivity index (χ1n) is 4.20. The Balaban J connectivity index is 2.43. The van der Waals surface area contributed by atoms with Crippen molar-refractivity contribution in [2.75, 3.05) is 19.5 Å². The second-order valence-electron chi connectivity index (χ2n) is 2.48. The van der Waals surface area contributed by atoms with Crippen molar-refractivity contribution in [3.05, 3.63) is 24.3 Å². The van der Waals surface area contributed by atoms with Crippen LogP contribution in [0, 0.1) is 11.8 Å². The molecular formula is C11H12O2S. The van der Waals surface area contributed by atoms with E-state index in [2.05, 4.69) is 11.8 Å². The number of hydrogen-bond donors (Lipinski definition) is 1. The molecule has 1 aromatic rings. The van der Waals surface area contributed by atoms with Crippen molar-refractivity contribution in [3.8, 4) is 17.6 Å². The van der Waals surface area contributed by atoms with E-state index >= 15 is 0 Å². The van der Waals surface area contributed by atoms with Gasteiger partial charge >= 0.3 is 0 Å². The van der Waals surface area contributed by atoms with Gasteiger partial charge in [-0.25, -0.2) is 0 Å². The van der Waals surface area contributed by atoms with Crippen LogP contribution in [-0.4, -0.2) is 24.6 Å². The molecule has 0 radical (unpaired) electrons. The standard InChI is InChI=1S/C11H12O2S/c1-13-10-4-6-11(7-5-10)14-9-3-2-8-12/h4-7,12H,8-9H2,1H3. The lowest BCUT2D eigenvalue weighted by atomic mass is 10.3. The second kappa shape index (κ2) is 6.36. The van der Waals surface area contributed by atoms with Crippen molar-refractivity contribution < 1.29 is 9.84 Å². The van der Waals surface area contributed by atoms with Gasteiger partial charge in [0.1, 0.15) is 12.4 Å². The third-order valence-corrected chi connectivity index (χ3v) is 2.47. The van der Waals surface area contributed by atoms with E-state index in [0.29, 0.717) is 5.75 Å². The molecule has 2 nitrogen and oxygen atoms in total. The molecule has 1 N–H and O–H groups in total. The monoisotopic (exact) mass is 208 g/mol. The Labute approximate surface area is 88.3 Å². The van der Waals surface area contributed by atoms with E-state index in [9.17, 15) is 0 Å². The number of thioether (sulfide) groups is 1. The first-order chi connectivity index (χ1) is 6.86. The van der Waals surface area contributed by atoms with E-state index < -0.39 is 0 Å². The molecule has 0 aliphatic rings. The number of hydrogen-bond acceptors (Lipinski definition) is 3. The molecular weight excluding hydrogens is 196 g/mol. The molecule has 0 atom stereocenters. The third-order valence-electron chi connectivity index (χ3n) is 1.57. The zero-order valence-corrected chi connectivity index (χ0v) is 8.80. The van der Waals surface area contributed by atoms with Crippen LogP contribution in [0.1, 0.15) is 0 Å². The molecule has 0 unspecified atom stereocenters. The van der Waals surface area contributed by atoms with Crippen molar-refractivity contribution in [1.29, 1.82) is 0 Å². The topological polar surface area (TPSA) is 29.5 Å². The first-order valence-corrected chi connectivity index (χ1v) is 5.19. The zero-order chi connectivity index (χ0) is 10.2. The van der Waals surface area contributed by atoms with Crippen LogP contribution in [0.3, 0.4) is 0 Å². The molecule has 1 rings (SSSR count). The highest BCUT2D eigenvalue weighted by molar-refractivity contribution is 7.99. The maximum Gasteiger partial charge on any atom is 0.118 e. The lowest BCUT2D eigenvalue weighted by molar-refractivity contribution is 0.350. The Morgan fingerprint density at radius 3 is 2.57 bits per heavy atom. The Hall–Kier alpha value is -1.11. The van der Waals surface area contributed by atoms with Crippen molar-refractivity contribution >= 4 is 11.8 Å². The molecule has 0 aliphatic carbocycles. The molecule has 0 heterocycles. The molecule has 1 aromatic carbocycles. The lowest BCUT2D eigenvalue weighted by Crippen LogP contribution is -1.81. The highest BCUT2D eigenvalue weighted by Gasteiger charge is 1.92. The maximum atomic E-state index is 8.43. The summed E-state index contributed by atoms with van der Waals surface area (Å²) >= 11 is 1.64. The Morgan fingerprint density at radius 2 is 2.00 bits per heavy atom. The highest BCUT2D eigenvalue weighted by Crippen LogP contribution is 2.20. The van der Waals surface area contributed by atoms with Crippen molar-refractivity contribution in [2.24, 2.45) is 0 Å². The van der Waals surface area contributed by atoms with Gasteiger partial charge in [-0.3, -0.25) is 0 Å². The smallest absolute Gasteiger partial charge is 0.118 e. The summed E-state index contributed by atoms with van der Waals surface area (Å²) in [5, 5.41) is 8.43. The van der Waals surface area contributed by atoms with Crippen LogP contribution in [-0.2, 0) is 0 Å². The summed E-state index contributed by atoms with van der Waals surface area (Å²) in [6.07, 6.45) is 0. The Morgan fingerprint density at radius 1 is 1.29 bits per heavy atom. The fourth-order valence-corrected chi connectivity index (χ4v) is 1.57. The fraction of sp³-hybridized carbons (Fsp3) is 0.273. The zero-order valence-electron chi connectivity index (χ0n) is 7.99. The Bertz CT molecular complexity index is 321. The minimum atomic E-state index is -0.0663. The van der Waals surface area contributed by atoms with Gasteiger partial charge in [0, 0.05) is 4.90 Å². The van der Waals surface area contributed by atoms with E-state index in [0.717, 1.165) is 10.6 Å². The molecule has 0 spiro atoms. The maximum absolute atomic E-state index is 8.43. The van der Waals surface area contributed by atoms with Crippen LogP contribution in [0.25, 0.3) is 0 Å². The molecule has 0 aromatic heterocycles. The van der Waals surface area contributed by atoms with Crippen molar-refractivity contribution in [1.82, 2.24) is 0 Å². The van der Waals surface area contributed by atoms with Gasteiger partial charge in [0.2, 0.25) is 0 Å². The van der Waals surface area contributed by atoms with Gasteiger partial charge < -0.3 is 9.84 Å². The number of aliphatic hydroxyl groups excluding tert-OH is 1. The van der Waals surface area contributed by atoms with Crippen LogP contribution < -0.4 is 4.74 Å². The molecule has 3 heteroatoms. The Kier molecular flexibility index (Phi) is 4.98. The molecule has 14 heavy (non-hydrogen) atoms. The van der Waals surface area contributed by atoms with Gasteiger partial charge in [0.25, 0.3) is 0 Å². The van der Waals surface area contributed by atoms with Crippen LogP contribution >= 0.6 is 11.8 Å². The molecule has 0 saturated heterocycles. The molecule has 0 amide bonds. The molecule has 0 saturated carbocycles. The SMILES string of the molecule is COc1ccc(SCC#CCO)cc1. The highest BCUT2D eigenvalue weighted by atomic mass is 32.2. The van der Waals surface area contributed by atoms with Crippen LogP contribution in [0.4, 0.5) is 0 Å². The average molecular weight is 208 g/mol. The molecule has 0 bridgehead atoms. The van der Waals surface area contributed by atoms with E-state index in [1.165, 1.54) is 0 Å². The summed E-state index contributed by atoms with van der Waals surface area (Å²) in [4.78, 5) is 1.15. The van der Waals surface area contributed by atoms with Crippen molar-refractivity contribution in [2.45, 2.75) is 4.90 Å². The second-order valence-corrected chi connectivity index (χ2v) is 3.52. The minimum Gasteiger partial charge on any atom is -0.497 e. The van der Waals surface area contributed by atoms with Crippen LogP contribution in [0.15, 0.2) is 29.2 Å². The van der Waals surface area contributed by atoms with Gasteiger partial charge in [-0.05, 0) is 24.3 Å². The first kappa shape index (κ1) is 11.0. The lowest BCUT2D eigenvalue weighted by Gasteiger charge is -2.00. The summed E-state index contributed by atoms with van der Waals surface area (Å²) < 4.78 is 5.04. The van der Waals surface area contributed by atoms with E-state index in [-0.39, 0.29) is 6.61 Å².